The summed E-state index contributed by atoms with van der Waals surface area (Å²) < 4.78 is 24.2. The van der Waals surface area contributed by atoms with Crippen LogP contribution in [0.4, 0.5) is 0 Å². The Morgan fingerprint density at radius 2 is 2.14 bits per heavy atom. The van der Waals surface area contributed by atoms with E-state index in [0.717, 1.165) is 10.0 Å². The summed E-state index contributed by atoms with van der Waals surface area (Å²) in [5, 5.41) is 0. The molecule has 5 heteroatoms. The molecule has 14 heavy (non-hydrogen) atoms. The fraction of sp³-hybridized carbons (Fsp3) is 0.333. The van der Waals surface area contributed by atoms with Crippen LogP contribution in [-0.4, -0.2) is 27.0 Å². The summed E-state index contributed by atoms with van der Waals surface area (Å²) >= 11 is 0. The highest BCUT2D eigenvalue weighted by Gasteiger charge is 2.20. The molecule has 0 spiro atoms. The van der Waals surface area contributed by atoms with E-state index in [9.17, 15) is 8.42 Å². The van der Waals surface area contributed by atoms with Gasteiger partial charge in [0.15, 0.2) is 0 Å². The fourth-order valence-corrected chi connectivity index (χ4v) is 2.02. The maximum atomic E-state index is 11.7. The summed E-state index contributed by atoms with van der Waals surface area (Å²) in [4.78, 5) is 4.85. The third-order valence-corrected chi connectivity index (χ3v) is 3.49. The van der Waals surface area contributed by atoms with Crippen molar-refractivity contribution in [2.75, 3.05) is 14.2 Å². The zero-order valence-electron chi connectivity index (χ0n) is 8.31. The van der Waals surface area contributed by atoms with E-state index in [1.165, 1.54) is 20.2 Å². The molecule has 0 saturated carbocycles. The maximum absolute atomic E-state index is 11.7. The lowest BCUT2D eigenvalue weighted by molar-refractivity contribution is -0.0258. The molecule has 1 aromatic carbocycles. The van der Waals surface area contributed by atoms with Crippen LogP contribution in [0.5, 0.6) is 0 Å². The van der Waals surface area contributed by atoms with Crippen LogP contribution < -0.4 is 0 Å². The Balaban J connectivity index is 3.17. The lowest BCUT2D eigenvalue weighted by atomic mass is 10.2. The fourth-order valence-electron chi connectivity index (χ4n) is 0.965. The van der Waals surface area contributed by atoms with E-state index in [0.29, 0.717) is 0 Å². The third kappa shape index (κ3) is 2.12. The Morgan fingerprint density at radius 1 is 1.50 bits per heavy atom. The van der Waals surface area contributed by atoms with Crippen molar-refractivity contribution in [3.8, 4) is 0 Å². The Morgan fingerprint density at radius 3 is 2.64 bits per heavy atom. The molecule has 0 aliphatic rings. The molecular weight excluding hydrogens is 202 g/mol. The van der Waals surface area contributed by atoms with Gasteiger partial charge in [0.05, 0.1) is 12.0 Å². The van der Waals surface area contributed by atoms with E-state index in [4.69, 9.17) is 0 Å². The summed E-state index contributed by atoms with van der Waals surface area (Å²) in [5.74, 6) is 0. The van der Waals surface area contributed by atoms with Crippen molar-refractivity contribution in [2.45, 2.75) is 11.8 Å². The predicted molar refractivity (Wildman–Crippen MR) is 52.0 cm³/mol. The van der Waals surface area contributed by atoms with Gasteiger partial charge in [0.2, 0.25) is 0 Å². The van der Waals surface area contributed by atoms with Gasteiger partial charge in [-0.15, -0.1) is 0 Å². The standard InChI is InChI=1S/C9H12NO3S/c1-8-5-4-6-9(7-8)14(11,12)10(2)13-3/h4,6-7H,1-3H3. The van der Waals surface area contributed by atoms with Crippen molar-refractivity contribution in [3.05, 3.63) is 29.8 Å². The van der Waals surface area contributed by atoms with E-state index in [2.05, 4.69) is 10.9 Å². The molecule has 0 amide bonds. The molecule has 0 bridgehead atoms. The van der Waals surface area contributed by atoms with Gasteiger partial charge in [0, 0.05) is 7.05 Å². The van der Waals surface area contributed by atoms with Crippen molar-refractivity contribution < 1.29 is 13.3 Å². The Hall–Kier alpha value is -0.910. The molecule has 77 valence electrons. The van der Waals surface area contributed by atoms with Gasteiger partial charge in [0.1, 0.15) is 0 Å². The molecule has 0 N–H and O–H groups in total. The van der Waals surface area contributed by atoms with Gasteiger partial charge in [-0.25, -0.2) is 8.42 Å². The number of sulfonamides is 1. The first kappa shape index (κ1) is 11.2. The van der Waals surface area contributed by atoms with Crippen LogP contribution in [0.3, 0.4) is 0 Å². The van der Waals surface area contributed by atoms with Crippen LogP contribution in [0.2, 0.25) is 0 Å². The van der Waals surface area contributed by atoms with Crippen LogP contribution in [0.1, 0.15) is 5.56 Å². The zero-order chi connectivity index (χ0) is 10.8. The Labute approximate surface area is 84.1 Å². The smallest absolute Gasteiger partial charge is 0.264 e. The third-order valence-electron chi connectivity index (χ3n) is 1.81. The van der Waals surface area contributed by atoms with Crippen LogP contribution in [-0.2, 0) is 14.9 Å². The van der Waals surface area contributed by atoms with Gasteiger partial charge in [-0.3, -0.25) is 4.84 Å². The van der Waals surface area contributed by atoms with Gasteiger partial charge >= 0.3 is 0 Å². The second kappa shape index (κ2) is 4.08. The second-order valence-electron chi connectivity index (χ2n) is 2.80. The van der Waals surface area contributed by atoms with E-state index in [1.54, 1.807) is 19.1 Å². The normalized spacial score (nSPS) is 12.0. The largest absolute Gasteiger partial charge is 0.288 e. The molecule has 1 rings (SSSR count). The van der Waals surface area contributed by atoms with E-state index < -0.39 is 10.0 Å². The summed E-state index contributed by atoms with van der Waals surface area (Å²) in [6.45, 7) is 1.78. The number of hydrogen-bond donors (Lipinski definition) is 0. The highest BCUT2D eigenvalue weighted by molar-refractivity contribution is 7.89. The summed E-state index contributed by atoms with van der Waals surface area (Å²) in [5.41, 5.74) is 0.774. The maximum Gasteiger partial charge on any atom is 0.264 e. The number of rotatable bonds is 3. The highest BCUT2D eigenvalue weighted by Crippen LogP contribution is 2.14. The van der Waals surface area contributed by atoms with Crippen molar-refractivity contribution in [2.24, 2.45) is 0 Å². The molecule has 1 aromatic rings. The van der Waals surface area contributed by atoms with Crippen molar-refractivity contribution >= 4 is 10.0 Å². The molecule has 1 radical (unpaired) electrons. The number of nitrogens with zero attached hydrogens (tertiary/aromatic N) is 1. The number of aryl methyl sites for hydroxylation is 1. The number of hydroxylamine groups is 1. The van der Waals surface area contributed by atoms with Gasteiger partial charge in [-0.2, -0.15) is 0 Å². The van der Waals surface area contributed by atoms with E-state index >= 15 is 0 Å². The predicted octanol–water partition coefficient (Wildman–Crippen LogP) is 0.977. The van der Waals surface area contributed by atoms with E-state index in [-0.39, 0.29) is 4.90 Å². The number of benzene rings is 1. The zero-order valence-corrected chi connectivity index (χ0v) is 9.13. The molecule has 0 heterocycles. The minimum atomic E-state index is -3.52. The molecule has 0 saturated heterocycles. The van der Waals surface area contributed by atoms with Gasteiger partial charge in [-0.05, 0) is 30.7 Å². The average Bonchev–Trinajstić information content (AvgIpc) is 2.16. The quantitative estimate of drug-likeness (QED) is 0.704. The SMILES string of the molecule is CON(C)S(=O)(=O)c1cc[c]c(C)c1. The monoisotopic (exact) mass is 214 g/mol. The first-order valence-corrected chi connectivity index (χ1v) is 5.44. The first-order chi connectivity index (χ1) is 6.48. The van der Waals surface area contributed by atoms with Crippen LogP contribution >= 0.6 is 0 Å². The average molecular weight is 214 g/mol. The lowest BCUT2D eigenvalue weighted by Gasteiger charge is -2.13. The lowest BCUT2D eigenvalue weighted by Crippen LogP contribution is -2.25. The minimum absolute atomic E-state index is 0.207. The summed E-state index contributed by atoms with van der Waals surface area (Å²) in [7, 11) is -0.867. The molecule has 0 aliphatic carbocycles. The Bertz CT molecular complexity index is 414. The summed E-state index contributed by atoms with van der Waals surface area (Å²) in [6.07, 6.45) is 0. The first-order valence-electron chi connectivity index (χ1n) is 4.00. The molecular formula is C9H12NO3S. The van der Waals surface area contributed by atoms with Crippen molar-refractivity contribution in [1.82, 2.24) is 4.47 Å². The Kier molecular flexibility index (Phi) is 3.25. The van der Waals surface area contributed by atoms with E-state index in [1.807, 2.05) is 0 Å². The molecule has 0 atom stereocenters. The van der Waals surface area contributed by atoms with Crippen LogP contribution in [0.15, 0.2) is 23.1 Å². The molecule has 0 fully saturated rings. The molecule has 0 aliphatic heterocycles. The van der Waals surface area contributed by atoms with Crippen molar-refractivity contribution in [1.29, 1.82) is 0 Å². The summed E-state index contributed by atoms with van der Waals surface area (Å²) in [6, 6.07) is 7.48. The van der Waals surface area contributed by atoms with Crippen molar-refractivity contribution in [3.63, 3.8) is 0 Å². The van der Waals surface area contributed by atoms with Gasteiger partial charge in [-0.1, -0.05) is 10.5 Å². The van der Waals surface area contributed by atoms with Crippen LogP contribution in [0.25, 0.3) is 0 Å². The highest BCUT2D eigenvalue weighted by atomic mass is 32.2. The van der Waals surface area contributed by atoms with Crippen LogP contribution in [0, 0.1) is 13.0 Å². The molecule has 4 nitrogen and oxygen atoms in total. The van der Waals surface area contributed by atoms with Gasteiger partial charge in [0.25, 0.3) is 10.0 Å². The van der Waals surface area contributed by atoms with Gasteiger partial charge < -0.3 is 0 Å². The molecule has 0 unspecified atom stereocenters. The second-order valence-corrected chi connectivity index (χ2v) is 4.74. The topological polar surface area (TPSA) is 46.6 Å². The number of hydrogen-bond acceptors (Lipinski definition) is 3. The minimum Gasteiger partial charge on any atom is -0.288 e. The molecule has 0 aromatic heterocycles.